The summed E-state index contributed by atoms with van der Waals surface area (Å²) in [5.41, 5.74) is 4.40. The molecular formula is C25H41NO3SSi. The van der Waals surface area contributed by atoms with Gasteiger partial charge in [0, 0.05) is 19.1 Å². The molecule has 2 atom stereocenters. The Bertz CT molecular complexity index is 845. The average Bonchev–Trinajstić information content (AvgIpc) is 2.67. The molecule has 0 amide bonds. The van der Waals surface area contributed by atoms with Crippen LogP contribution in [-0.4, -0.2) is 39.7 Å². The van der Waals surface area contributed by atoms with Crippen LogP contribution in [0, 0.1) is 24.3 Å². The number of hydrogen-bond donors (Lipinski definition) is 0. The van der Waals surface area contributed by atoms with E-state index in [4.69, 9.17) is 4.74 Å². The van der Waals surface area contributed by atoms with Crippen LogP contribution in [0.5, 0.6) is 0 Å². The lowest BCUT2D eigenvalue weighted by Crippen LogP contribution is -2.49. The molecule has 1 aromatic carbocycles. The second kappa shape index (κ2) is 12.6. The van der Waals surface area contributed by atoms with Crippen LogP contribution in [0.25, 0.3) is 0 Å². The molecule has 0 N–H and O–H groups in total. The van der Waals surface area contributed by atoms with Crippen LogP contribution in [0.1, 0.15) is 52.0 Å². The van der Waals surface area contributed by atoms with E-state index < -0.39 is 24.3 Å². The number of nitrogens with zero attached hydrogens (tertiary/aromatic N) is 1. The van der Waals surface area contributed by atoms with Crippen molar-refractivity contribution >= 4 is 18.1 Å². The van der Waals surface area contributed by atoms with Crippen molar-refractivity contribution in [3.05, 3.63) is 42.5 Å². The van der Waals surface area contributed by atoms with Crippen molar-refractivity contribution in [3.63, 3.8) is 0 Å². The third-order valence-electron chi connectivity index (χ3n) is 4.96. The normalized spacial score (nSPS) is 14.2. The highest BCUT2D eigenvalue weighted by molar-refractivity contribution is 7.89. The third kappa shape index (κ3) is 8.94. The van der Waals surface area contributed by atoms with Crippen molar-refractivity contribution in [3.8, 4) is 11.5 Å². The van der Waals surface area contributed by atoms with Gasteiger partial charge in [-0.3, -0.25) is 0 Å². The van der Waals surface area contributed by atoms with Gasteiger partial charge in [0.25, 0.3) is 0 Å². The van der Waals surface area contributed by atoms with Crippen molar-refractivity contribution < 1.29 is 13.2 Å². The van der Waals surface area contributed by atoms with Gasteiger partial charge in [-0.25, -0.2) is 8.42 Å². The molecule has 0 saturated carbocycles. The van der Waals surface area contributed by atoms with Gasteiger partial charge in [-0.2, -0.15) is 4.31 Å². The lowest BCUT2D eigenvalue weighted by Gasteiger charge is -2.37. The highest BCUT2D eigenvalue weighted by Gasteiger charge is 2.38. The van der Waals surface area contributed by atoms with Gasteiger partial charge >= 0.3 is 0 Å². The standard InChI is InChI=1S/C25H41NO3SSi/c1-9-11-12-19-29-25(10-2)26(24(21(3)4)14-13-20-31(6,7)8)30(27,28)23-17-15-22(5)16-18-23/h10,15-18,21,24-25H,2,9,11-12,14,19H2,1,3-8H3/t24-,25+/m0/s1. The largest absolute Gasteiger partial charge is 0.358 e. The zero-order valence-corrected chi connectivity index (χ0v) is 22.3. The van der Waals surface area contributed by atoms with Crippen molar-refractivity contribution in [2.24, 2.45) is 5.92 Å². The first kappa shape index (κ1) is 27.6. The highest BCUT2D eigenvalue weighted by atomic mass is 32.2. The summed E-state index contributed by atoms with van der Waals surface area (Å²) in [5.74, 6) is 3.36. The van der Waals surface area contributed by atoms with Crippen LogP contribution < -0.4 is 0 Å². The zero-order chi connectivity index (χ0) is 23.7. The van der Waals surface area contributed by atoms with E-state index in [0.717, 1.165) is 24.8 Å². The Morgan fingerprint density at radius 3 is 2.26 bits per heavy atom. The Morgan fingerprint density at radius 2 is 1.77 bits per heavy atom. The Morgan fingerprint density at radius 1 is 1.16 bits per heavy atom. The van der Waals surface area contributed by atoms with E-state index in [1.807, 2.05) is 32.9 Å². The predicted octanol–water partition coefficient (Wildman–Crippen LogP) is 6.00. The van der Waals surface area contributed by atoms with Crippen molar-refractivity contribution in [2.75, 3.05) is 6.61 Å². The van der Waals surface area contributed by atoms with E-state index in [1.54, 1.807) is 18.2 Å². The number of unbranched alkanes of at least 4 members (excludes halogenated alkanes) is 2. The third-order valence-corrected chi connectivity index (χ3v) is 7.78. The van der Waals surface area contributed by atoms with Gasteiger partial charge in [-0.1, -0.05) is 77.5 Å². The first-order valence-corrected chi connectivity index (χ1v) is 16.2. The van der Waals surface area contributed by atoms with Gasteiger partial charge < -0.3 is 4.74 Å². The molecule has 0 heterocycles. The molecular weight excluding hydrogens is 422 g/mol. The van der Waals surface area contributed by atoms with E-state index in [1.165, 1.54) is 4.31 Å². The summed E-state index contributed by atoms with van der Waals surface area (Å²) in [7, 11) is -5.36. The summed E-state index contributed by atoms with van der Waals surface area (Å²) in [4.78, 5) is 0.269. The Balaban J connectivity index is 3.42. The summed E-state index contributed by atoms with van der Waals surface area (Å²) < 4.78 is 35.1. The van der Waals surface area contributed by atoms with E-state index in [0.29, 0.717) is 13.0 Å². The molecule has 0 unspecified atom stereocenters. The minimum absolute atomic E-state index is 0.0675. The number of benzene rings is 1. The molecule has 0 radical (unpaired) electrons. The number of ether oxygens (including phenoxy) is 1. The molecule has 0 saturated heterocycles. The first-order chi connectivity index (χ1) is 14.4. The van der Waals surface area contributed by atoms with Gasteiger partial charge in [-0.15, -0.1) is 11.5 Å². The minimum atomic E-state index is -3.80. The first-order valence-electron chi connectivity index (χ1n) is 11.3. The fraction of sp³-hybridized carbons (Fsp3) is 0.600. The van der Waals surface area contributed by atoms with Crippen LogP contribution >= 0.6 is 0 Å². The Hall–Kier alpha value is -1.39. The molecule has 1 aromatic rings. The SMILES string of the molecule is C=C[C@@H](OCCCCC)N([C@@H](CC#C[Si](C)(C)C)C(C)C)S(=O)(=O)c1ccc(C)cc1. The minimum Gasteiger partial charge on any atom is -0.358 e. The summed E-state index contributed by atoms with van der Waals surface area (Å²) in [6.07, 6.45) is 4.35. The molecule has 6 heteroatoms. The molecule has 1 rings (SSSR count). The van der Waals surface area contributed by atoms with Crippen molar-refractivity contribution in [1.29, 1.82) is 0 Å². The Kier molecular flexibility index (Phi) is 11.2. The topological polar surface area (TPSA) is 46.6 Å². The van der Waals surface area contributed by atoms with Gasteiger partial charge in [0.1, 0.15) is 14.3 Å². The fourth-order valence-electron chi connectivity index (χ4n) is 3.18. The second-order valence-corrected chi connectivity index (χ2v) is 16.0. The van der Waals surface area contributed by atoms with Gasteiger partial charge in [0.2, 0.25) is 10.0 Å². The van der Waals surface area contributed by atoms with Gasteiger partial charge in [-0.05, 0) is 37.5 Å². The summed E-state index contributed by atoms with van der Waals surface area (Å²) >= 11 is 0. The maximum absolute atomic E-state index is 13.8. The van der Waals surface area contributed by atoms with E-state index in [9.17, 15) is 8.42 Å². The van der Waals surface area contributed by atoms with Crippen molar-refractivity contribution in [1.82, 2.24) is 4.31 Å². The van der Waals surface area contributed by atoms with Crippen LogP contribution in [0.2, 0.25) is 19.6 Å². The van der Waals surface area contributed by atoms with Crippen LogP contribution in [0.3, 0.4) is 0 Å². The number of hydrogen-bond acceptors (Lipinski definition) is 3. The Labute approximate surface area is 192 Å². The molecule has 0 aliphatic heterocycles. The van der Waals surface area contributed by atoms with E-state index in [2.05, 4.69) is 44.6 Å². The molecule has 4 nitrogen and oxygen atoms in total. The van der Waals surface area contributed by atoms with Crippen LogP contribution in [0.4, 0.5) is 0 Å². The average molecular weight is 464 g/mol. The quantitative estimate of drug-likeness (QED) is 0.126. The lowest BCUT2D eigenvalue weighted by molar-refractivity contribution is -0.0105. The number of rotatable bonds is 12. The zero-order valence-electron chi connectivity index (χ0n) is 20.4. The highest BCUT2D eigenvalue weighted by Crippen LogP contribution is 2.28. The van der Waals surface area contributed by atoms with Crippen LogP contribution in [0.15, 0.2) is 41.8 Å². The molecule has 31 heavy (non-hydrogen) atoms. The molecule has 174 valence electrons. The van der Waals surface area contributed by atoms with E-state index in [-0.39, 0.29) is 16.9 Å². The fourth-order valence-corrected chi connectivity index (χ4v) is 5.63. The number of sulfonamides is 1. The van der Waals surface area contributed by atoms with E-state index >= 15 is 0 Å². The van der Waals surface area contributed by atoms with Crippen molar-refractivity contribution in [2.45, 2.75) is 90.2 Å². The monoisotopic (exact) mass is 463 g/mol. The molecule has 0 aromatic heterocycles. The molecule has 0 fully saturated rings. The van der Waals surface area contributed by atoms with Gasteiger partial charge in [0.05, 0.1) is 4.90 Å². The summed E-state index contributed by atoms with van der Waals surface area (Å²) in [6.45, 7) is 19.1. The summed E-state index contributed by atoms with van der Waals surface area (Å²) in [6, 6.07) is 6.67. The second-order valence-electron chi connectivity index (χ2n) is 9.42. The lowest BCUT2D eigenvalue weighted by atomic mass is 10.0. The predicted molar refractivity (Wildman–Crippen MR) is 134 cm³/mol. The molecule has 0 spiro atoms. The summed E-state index contributed by atoms with van der Waals surface area (Å²) in [5, 5.41) is 0. The maximum Gasteiger partial charge on any atom is 0.245 e. The molecule has 0 aliphatic rings. The smallest absolute Gasteiger partial charge is 0.245 e. The van der Waals surface area contributed by atoms with Crippen LogP contribution in [-0.2, 0) is 14.8 Å². The number of aryl methyl sites for hydroxylation is 1. The molecule has 0 aliphatic carbocycles. The maximum atomic E-state index is 13.8. The van der Waals surface area contributed by atoms with Gasteiger partial charge in [0.15, 0.2) is 0 Å². The molecule has 0 bridgehead atoms.